The number of benzene rings is 3. The fraction of sp³-hybridized carbons (Fsp3) is 0.276. The molecule has 0 aliphatic carbocycles. The van der Waals surface area contributed by atoms with Crippen LogP contribution in [-0.2, 0) is 14.3 Å². The average Bonchev–Trinajstić information content (AvgIpc) is 3.17. The SMILES string of the molecule is CC(C)Oc1ccc2ccccc2c1/C=C1/SC(=O)N(CC(=O)Nc2ccccc2N2CCOCC2)C1=O. The monoisotopic (exact) mass is 531 g/mol. The molecule has 3 aromatic rings. The number of anilines is 2. The van der Waals surface area contributed by atoms with Crippen LogP contribution in [0.2, 0.25) is 0 Å². The van der Waals surface area contributed by atoms with E-state index in [2.05, 4.69) is 10.2 Å². The number of carbonyl (C=O) groups excluding carboxylic acids is 3. The standard InChI is InChI=1S/C29H29N3O5S/c1-19(2)37-25-12-11-20-7-3-4-8-21(20)22(25)17-26-28(34)32(29(35)38-26)18-27(33)30-23-9-5-6-10-24(23)31-13-15-36-16-14-31/h3-12,17,19H,13-16,18H2,1-2H3,(H,30,33)/b26-17+. The smallest absolute Gasteiger partial charge is 0.294 e. The molecular formula is C29H29N3O5S. The lowest BCUT2D eigenvalue weighted by Gasteiger charge is -2.30. The highest BCUT2D eigenvalue weighted by Crippen LogP contribution is 2.37. The van der Waals surface area contributed by atoms with Gasteiger partial charge >= 0.3 is 0 Å². The average molecular weight is 532 g/mol. The number of ether oxygens (including phenoxy) is 2. The van der Waals surface area contributed by atoms with E-state index in [0.717, 1.165) is 51.8 Å². The molecule has 9 heteroatoms. The molecule has 1 N–H and O–H groups in total. The van der Waals surface area contributed by atoms with Gasteiger partial charge in [-0.1, -0.05) is 42.5 Å². The summed E-state index contributed by atoms with van der Waals surface area (Å²) in [6.07, 6.45) is 1.62. The summed E-state index contributed by atoms with van der Waals surface area (Å²) in [5, 5.41) is 4.30. The minimum atomic E-state index is -0.500. The van der Waals surface area contributed by atoms with Crippen molar-refractivity contribution >= 4 is 57.0 Å². The predicted molar refractivity (Wildman–Crippen MR) is 150 cm³/mol. The Bertz CT molecular complexity index is 1410. The van der Waals surface area contributed by atoms with Crippen molar-refractivity contribution < 1.29 is 23.9 Å². The van der Waals surface area contributed by atoms with Gasteiger partial charge in [0, 0.05) is 18.7 Å². The first-order valence-corrected chi connectivity index (χ1v) is 13.4. The number of rotatable bonds is 7. The number of morpholine rings is 1. The minimum absolute atomic E-state index is 0.0672. The summed E-state index contributed by atoms with van der Waals surface area (Å²) in [6, 6.07) is 19.1. The van der Waals surface area contributed by atoms with Crippen LogP contribution in [0.15, 0.2) is 65.6 Å². The molecule has 196 valence electrons. The van der Waals surface area contributed by atoms with Gasteiger partial charge in [0.05, 0.1) is 35.6 Å². The molecule has 2 aliphatic heterocycles. The molecule has 0 unspecified atom stereocenters. The second-order valence-corrected chi connectivity index (χ2v) is 10.3. The van der Waals surface area contributed by atoms with Gasteiger partial charge in [0.2, 0.25) is 5.91 Å². The molecular weight excluding hydrogens is 502 g/mol. The topological polar surface area (TPSA) is 88.2 Å². The molecule has 2 aliphatic rings. The molecule has 2 fully saturated rings. The van der Waals surface area contributed by atoms with Gasteiger partial charge in [-0.2, -0.15) is 0 Å². The number of nitrogens with one attached hydrogen (secondary N) is 1. The molecule has 0 spiro atoms. The van der Waals surface area contributed by atoms with Crippen molar-refractivity contribution in [1.29, 1.82) is 0 Å². The minimum Gasteiger partial charge on any atom is -0.490 e. The highest BCUT2D eigenvalue weighted by atomic mass is 32.2. The van der Waals surface area contributed by atoms with Gasteiger partial charge < -0.3 is 19.7 Å². The van der Waals surface area contributed by atoms with Crippen molar-refractivity contribution in [3.05, 3.63) is 71.1 Å². The number of fused-ring (bicyclic) bond motifs is 1. The summed E-state index contributed by atoms with van der Waals surface area (Å²) in [6.45, 7) is 6.17. The number of hydrogen-bond donors (Lipinski definition) is 1. The third-order valence-corrected chi connectivity index (χ3v) is 7.18. The van der Waals surface area contributed by atoms with Gasteiger partial charge in [0.1, 0.15) is 12.3 Å². The molecule has 0 atom stereocenters. The van der Waals surface area contributed by atoms with Crippen LogP contribution in [0.5, 0.6) is 5.75 Å². The van der Waals surface area contributed by atoms with Crippen LogP contribution >= 0.6 is 11.8 Å². The maximum Gasteiger partial charge on any atom is 0.294 e. The van der Waals surface area contributed by atoms with E-state index in [-0.39, 0.29) is 17.6 Å². The third kappa shape index (κ3) is 5.54. The zero-order valence-electron chi connectivity index (χ0n) is 21.3. The molecule has 0 radical (unpaired) electrons. The van der Waals surface area contributed by atoms with Gasteiger partial charge in [-0.15, -0.1) is 0 Å². The summed E-state index contributed by atoms with van der Waals surface area (Å²) in [4.78, 5) is 42.4. The van der Waals surface area contributed by atoms with Crippen molar-refractivity contribution in [3.63, 3.8) is 0 Å². The Kier molecular flexibility index (Phi) is 7.67. The highest BCUT2D eigenvalue weighted by molar-refractivity contribution is 8.18. The Morgan fingerprint density at radius 2 is 1.79 bits per heavy atom. The first-order valence-electron chi connectivity index (χ1n) is 12.6. The van der Waals surface area contributed by atoms with Crippen LogP contribution in [0.3, 0.4) is 0 Å². The van der Waals surface area contributed by atoms with E-state index in [9.17, 15) is 14.4 Å². The van der Waals surface area contributed by atoms with Crippen LogP contribution in [0.1, 0.15) is 19.4 Å². The molecule has 38 heavy (non-hydrogen) atoms. The summed E-state index contributed by atoms with van der Waals surface area (Å²) in [7, 11) is 0. The Morgan fingerprint density at radius 3 is 2.58 bits per heavy atom. The Balaban J connectivity index is 1.36. The van der Waals surface area contributed by atoms with Gasteiger partial charge in [-0.3, -0.25) is 19.3 Å². The van der Waals surface area contributed by atoms with E-state index in [4.69, 9.17) is 9.47 Å². The number of para-hydroxylation sites is 2. The summed E-state index contributed by atoms with van der Waals surface area (Å²) in [5.41, 5.74) is 2.24. The van der Waals surface area contributed by atoms with E-state index in [1.54, 1.807) is 6.08 Å². The second-order valence-electron chi connectivity index (χ2n) is 9.30. The molecule has 2 heterocycles. The van der Waals surface area contributed by atoms with Crippen LogP contribution in [0.4, 0.5) is 16.2 Å². The maximum atomic E-state index is 13.3. The van der Waals surface area contributed by atoms with Crippen molar-refractivity contribution in [3.8, 4) is 5.75 Å². The molecule has 5 rings (SSSR count). The molecule has 3 aromatic carbocycles. The largest absolute Gasteiger partial charge is 0.490 e. The highest BCUT2D eigenvalue weighted by Gasteiger charge is 2.36. The quantitative estimate of drug-likeness (QED) is 0.423. The van der Waals surface area contributed by atoms with Crippen molar-refractivity contribution in [1.82, 2.24) is 4.90 Å². The first kappa shape index (κ1) is 25.8. The van der Waals surface area contributed by atoms with Crippen molar-refractivity contribution in [2.45, 2.75) is 20.0 Å². The van der Waals surface area contributed by atoms with Crippen molar-refractivity contribution in [2.75, 3.05) is 43.1 Å². The molecule has 0 bridgehead atoms. The van der Waals surface area contributed by atoms with Gasteiger partial charge in [0.15, 0.2) is 0 Å². The second kappa shape index (κ2) is 11.3. The number of amides is 3. The zero-order chi connectivity index (χ0) is 26.6. The Labute approximate surface area is 225 Å². The lowest BCUT2D eigenvalue weighted by atomic mass is 10.0. The Hall–Kier alpha value is -3.82. The number of carbonyl (C=O) groups is 3. The molecule has 0 aromatic heterocycles. The molecule has 0 saturated carbocycles. The van der Waals surface area contributed by atoms with E-state index in [1.165, 1.54) is 0 Å². The third-order valence-electron chi connectivity index (χ3n) is 6.27. The van der Waals surface area contributed by atoms with E-state index in [0.29, 0.717) is 24.7 Å². The van der Waals surface area contributed by atoms with Gasteiger partial charge in [-0.05, 0) is 60.7 Å². The number of imide groups is 1. The van der Waals surface area contributed by atoms with E-state index < -0.39 is 17.1 Å². The van der Waals surface area contributed by atoms with Crippen LogP contribution in [0, 0.1) is 0 Å². The van der Waals surface area contributed by atoms with Crippen LogP contribution < -0.4 is 15.0 Å². The summed E-state index contributed by atoms with van der Waals surface area (Å²) in [5.74, 6) is -0.314. The van der Waals surface area contributed by atoms with Crippen LogP contribution in [-0.4, -0.2) is 60.9 Å². The fourth-order valence-electron chi connectivity index (χ4n) is 4.54. The van der Waals surface area contributed by atoms with Crippen LogP contribution in [0.25, 0.3) is 16.8 Å². The van der Waals surface area contributed by atoms with E-state index >= 15 is 0 Å². The summed E-state index contributed by atoms with van der Waals surface area (Å²) < 4.78 is 11.4. The lowest BCUT2D eigenvalue weighted by molar-refractivity contribution is -0.127. The maximum absolute atomic E-state index is 13.3. The molecule has 2 saturated heterocycles. The predicted octanol–water partition coefficient (Wildman–Crippen LogP) is 5.14. The molecule has 3 amide bonds. The van der Waals surface area contributed by atoms with Gasteiger partial charge in [0.25, 0.3) is 11.1 Å². The lowest BCUT2D eigenvalue weighted by Crippen LogP contribution is -2.38. The Morgan fingerprint density at radius 1 is 1.05 bits per heavy atom. The number of nitrogens with zero attached hydrogens (tertiary/aromatic N) is 2. The summed E-state index contributed by atoms with van der Waals surface area (Å²) >= 11 is 0.828. The normalized spacial score (nSPS) is 17.1. The molecule has 8 nitrogen and oxygen atoms in total. The van der Waals surface area contributed by atoms with Crippen molar-refractivity contribution in [2.24, 2.45) is 0 Å². The number of hydrogen-bond acceptors (Lipinski definition) is 7. The fourth-order valence-corrected chi connectivity index (χ4v) is 5.36. The van der Waals surface area contributed by atoms with E-state index in [1.807, 2.05) is 74.5 Å². The van der Waals surface area contributed by atoms with Gasteiger partial charge in [-0.25, -0.2) is 0 Å². The number of thioether (sulfide) groups is 1. The first-order chi connectivity index (χ1) is 18.4. The zero-order valence-corrected chi connectivity index (χ0v) is 22.1.